The van der Waals surface area contributed by atoms with Crippen LogP contribution in [0.3, 0.4) is 0 Å². The zero-order chi connectivity index (χ0) is 16.2. The Morgan fingerprint density at radius 2 is 1.52 bits per heavy atom. The van der Waals surface area contributed by atoms with E-state index in [-0.39, 0.29) is 28.7 Å². The third-order valence-corrected chi connectivity index (χ3v) is 3.57. The second-order valence-corrected chi connectivity index (χ2v) is 5.03. The number of carbonyl (C=O) groups is 2. The van der Waals surface area contributed by atoms with Crippen molar-refractivity contribution in [2.24, 2.45) is 5.41 Å². The largest absolute Gasteiger partial charge is 0.478 e. The monoisotopic (exact) mass is 298 g/mol. The Bertz CT molecular complexity index is 538. The number of aromatic carboxylic acids is 2. The van der Waals surface area contributed by atoms with Crippen molar-refractivity contribution in [3.63, 3.8) is 0 Å². The number of hydrogen-bond donors (Lipinski definition) is 5. The van der Waals surface area contributed by atoms with Crippen LogP contribution < -0.4 is 0 Å². The van der Waals surface area contributed by atoms with Crippen LogP contribution in [0.25, 0.3) is 0 Å². The first kappa shape index (κ1) is 17.1. The molecule has 0 aliphatic rings. The van der Waals surface area contributed by atoms with Crippen LogP contribution in [0.5, 0.6) is 0 Å². The van der Waals surface area contributed by atoms with E-state index in [0.717, 1.165) is 0 Å². The predicted molar refractivity (Wildman–Crippen MR) is 72.5 cm³/mol. The van der Waals surface area contributed by atoms with Crippen LogP contribution in [0.1, 0.15) is 31.8 Å². The summed E-state index contributed by atoms with van der Waals surface area (Å²) in [5.41, 5.74) is -1.23. The highest BCUT2D eigenvalue weighted by Crippen LogP contribution is 2.27. The average Bonchev–Trinajstić information content (AvgIpc) is 2.44. The van der Waals surface area contributed by atoms with Crippen molar-refractivity contribution in [2.45, 2.75) is 13.3 Å². The lowest BCUT2D eigenvalue weighted by Crippen LogP contribution is -2.36. The van der Waals surface area contributed by atoms with Crippen molar-refractivity contribution in [3.05, 3.63) is 34.4 Å². The molecule has 0 heterocycles. The molecule has 1 aromatic carbocycles. The van der Waals surface area contributed by atoms with E-state index in [4.69, 9.17) is 5.11 Å². The van der Waals surface area contributed by atoms with Crippen LogP contribution in [0.2, 0.25) is 0 Å². The van der Waals surface area contributed by atoms with Crippen molar-refractivity contribution in [1.82, 2.24) is 0 Å². The van der Waals surface area contributed by atoms with Crippen molar-refractivity contribution in [2.75, 3.05) is 19.8 Å². The maximum atomic E-state index is 11.4. The lowest BCUT2D eigenvalue weighted by atomic mass is 9.81. The van der Waals surface area contributed by atoms with Gasteiger partial charge < -0.3 is 25.5 Å². The van der Waals surface area contributed by atoms with Gasteiger partial charge in [-0.25, -0.2) is 9.59 Å². The van der Waals surface area contributed by atoms with Gasteiger partial charge in [0.25, 0.3) is 0 Å². The SMILES string of the molecule is Cc1c(C(=O)O)ccc(CC(CO)(CO)CO)c1C(=O)O. The molecule has 1 aromatic rings. The van der Waals surface area contributed by atoms with Crippen LogP contribution >= 0.6 is 0 Å². The average molecular weight is 298 g/mol. The van der Waals surface area contributed by atoms with Crippen LogP contribution in [0.4, 0.5) is 0 Å². The Balaban J connectivity index is 3.40. The summed E-state index contributed by atoms with van der Waals surface area (Å²) in [6.07, 6.45) is -0.0845. The van der Waals surface area contributed by atoms with Gasteiger partial charge in [-0.15, -0.1) is 0 Å². The molecule has 0 amide bonds. The molecule has 0 aliphatic carbocycles. The fourth-order valence-electron chi connectivity index (χ4n) is 2.17. The van der Waals surface area contributed by atoms with E-state index in [1.165, 1.54) is 19.1 Å². The third-order valence-electron chi connectivity index (χ3n) is 3.57. The van der Waals surface area contributed by atoms with Crippen molar-refractivity contribution < 1.29 is 35.1 Å². The number of aliphatic hydroxyl groups is 3. The first-order valence-electron chi connectivity index (χ1n) is 6.23. The van der Waals surface area contributed by atoms with Gasteiger partial charge in [0, 0.05) is 5.41 Å². The summed E-state index contributed by atoms with van der Waals surface area (Å²) in [6.45, 7) is -0.203. The van der Waals surface area contributed by atoms with E-state index in [9.17, 15) is 30.0 Å². The molecule has 0 saturated heterocycles. The second kappa shape index (κ2) is 6.66. The Kier molecular flexibility index (Phi) is 5.42. The third kappa shape index (κ3) is 3.38. The molecule has 0 unspecified atom stereocenters. The number of aliphatic hydroxyl groups excluding tert-OH is 3. The maximum absolute atomic E-state index is 11.4. The molecule has 0 saturated carbocycles. The zero-order valence-corrected chi connectivity index (χ0v) is 11.5. The fourth-order valence-corrected chi connectivity index (χ4v) is 2.17. The number of carboxylic acid groups (broad SMARTS) is 2. The van der Waals surface area contributed by atoms with Gasteiger partial charge >= 0.3 is 11.9 Å². The number of benzene rings is 1. The summed E-state index contributed by atoms with van der Waals surface area (Å²) in [5.74, 6) is -2.53. The van der Waals surface area contributed by atoms with Gasteiger partial charge in [0.2, 0.25) is 0 Å². The summed E-state index contributed by atoms with van der Waals surface area (Å²) in [7, 11) is 0. The smallest absolute Gasteiger partial charge is 0.336 e. The van der Waals surface area contributed by atoms with Gasteiger partial charge in [0.1, 0.15) is 0 Å². The van der Waals surface area contributed by atoms with Gasteiger partial charge in [-0.05, 0) is 30.5 Å². The Morgan fingerprint density at radius 3 is 1.90 bits per heavy atom. The minimum Gasteiger partial charge on any atom is -0.478 e. The molecule has 0 aromatic heterocycles. The predicted octanol–water partition coefficient (Wildman–Crippen LogP) is -0.103. The quantitative estimate of drug-likeness (QED) is 0.474. The van der Waals surface area contributed by atoms with Gasteiger partial charge in [-0.2, -0.15) is 0 Å². The molecule has 0 bridgehead atoms. The molecule has 0 aliphatic heterocycles. The molecular weight excluding hydrogens is 280 g/mol. The second-order valence-electron chi connectivity index (χ2n) is 5.03. The summed E-state index contributed by atoms with van der Waals surface area (Å²) in [5, 5.41) is 46.3. The fraction of sp³-hybridized carbons (Fsp3) is 0.429. The highest BCUT2D eigenvalue weighted by atomic mass is 16.4. The van der Waals surface area contributed by atoms with E-state index >= 15 is 0 Å². The van der Waals surface area contributed by atoms with E-state index in [2.05, 4.69) is 0 Å². The Morgan fingerprint density at radius 1 is 1.00 bits per heavy atom. The molecular formula is C14H18O7. The first-order chi connectivity index (χ1) is 9.81. The molecule has 0 radical (unpaired) electrons. The molecule has 21 heavy (non-hydrogen) atoms. The molecule has 0 fully saturated rings. The van der Waals surface area contributed by atoms with E-state index < -0.39 is 37.2 Å². The standard InChI is InChI=1S/C14H18O7/c1-8-10(12(18)19)3-2-9(11(8)13(20)21)4-14(5-15,6-16)7-17/h2-3,15-17H,4-7H2,1H3,(H,18,19)(H,20,21). The van der Waals surface area contributed by atoms with Crippen molar-refractivity contribution in [3.8, 4) is 0 Å². The number of carboxylic acids is 2. The molecule has 116 valence electrons. The first-order valence-corrected chi connectivity index (χ1v) is 6.23. The Labute approximate surface area is 121 Å². The van der Waals surface area contributed by atoms with E-state index in [0.29, 0.717) is 0 Å². The van der Waals surface area contributed by atoms with Crippen LogP contribution in [0.15, 0.2) is 12.1 Å². The lowest BCUT2D eigenvalue weighted by molar-refractivity contribution is 0.00568. The summed E-state index contributed by atoms with van der Waals surface area (Å²) in [4.78, 5) is 22.4. The topological polar surface area (TPSA) is 135 Å². The van der Waals surface area contributed by atoms with E-state index in [1.807, 2.05) is 0 Å². The van der Waals surface area contributed by atoms with Crippen LogP contribution in [-0.2, 0) is 6.42 Å². The van der Waals surface area contributed by atoms with E-state index in [1.54, 1.807) is 0 Å². The van der Waals surface area contributed by atoms with Crippen LogP contribution in [0, 0.1) is 12.3 Å². The van der Waals surface area contributed by atoms with Gasteiger partial charge in [0.15, 0.2) is 0 Å². The molecule has 0 atom stereocenters. The van der Waals surface area contributed by atoms with Crippen molar-refractivity contribution >= 4 is 11.9 Å². The Hall–Kier alpha value is -1.96. The highest BCUT2D eigenvalue weighted by Gasteiger charge is 2.31. The number of rotatable bonds is 7. The van der Waals surface area contributed by atoms with Gasteiger partial charge in [0.05, 0.1) is 30.9 Å². The minimum absolute atomic E-state index is 0.0845. The molecule has 7 heteroatoms. The maximum Gasteiger partial charge on any atom is 0.336 e. The molecule has 5 N–H and O–H groups in total. The molecule has 0 spiro atoms. The minimum atomic E-state index is -1.30. The zero-order valence-electron chi connectivity index (χ0n) is 11.5. The normalized spacial score (nSPS) is 11.4. The number of hydrogen-bond acceptors (Lipinski definition) is 5. The molecule has 7 nitrogen and oxygen atoms in total. The highest BCUT2D eigenvalue weighted by molar-refractivity contribution is 5.97. The summed E-state index contributed by atoms with van der Waals surface area (Å²) < 4.78 is 0. The van der Waals surface area contributed by atoms with Crippen molar-refractivity contribution in [1.29, 1.82) is 0 Å². The summed E-state index contributed by atoms with van der Waals surface area (Å²) in [6, 6.07) is 2.60. The lowest BCUT2D eigenvalue weighted by Gasteiger charge is -2.28. The van der Waals surface area contributed by atoms with Gasteiger partial charge in [-0.3, -0.25) is 0 Å². The van der Waals surface area contributed by atoms with Crippen LogP contribution in [-0.4, -0.2) is 57.3 Å². The molecule has 1 rings (SSSR count). The van der Waals surface area contributed by atoms with Gasteiger partial charge in [-0.1, -0.05) is 6.07 Å². The summed E-state index contributed by atoms with van der Waals surface area (Å²) >= 11 is 0.